The van der Waals surface area contributed by atoms with Crippen molar-refractivity contribution in [1.29, 1.82) is 0 Å². The number of nitrogens with one attached hydrogen (secondary N) is 1. The summed E-state index contributed by atoms with van der Waals surface area (Å²) in [6, 6.07) is 8.57. The Labute approximate surface area is 149 Å². The highest BCUT2D eigenvalue weighted by Gasteiger charge is 2.22. The molecule has 0 radical (unpaired) electrons. The topological polar surface area (TPSA) is 66.5 Å². The summed E-state index contributed by atoms with van der Waals surface area (Å²) in [5.74, 6) is -5.54. The first kappa shape index (κ1) is 19.9. The van der Waals surface area contributed by atoms with Crippen LogP contribution < -0.4 is 5.32 Å². The molecule has 2 aromatic rings. The second-order valence-electron chi connectivity index (χ2n) is 5.73. The van der Waals surface area contributed by atoms with Gasteiger partial charge in [0, 0.05) is 6.54 Å². The molecule has 140 valence electrons. The van der Waals surface area contributed by atoms with Crippen LogP contribution in [-0.4, -0.2) is 31.4 Å². The Morgan fingerprint density at radius 2 is 1.73 bits per heavy atom. The summed E-state index contributed by atoms with van der Waals surface area (Å²) in [6.07, 6.45) is 0.941. The van der Waals surface area contributed by atoms with E-state index >= 15 is 0 Å². The van der Waals surface area contributed by atoms with Crippen LogP contribution in [0.15, 0.2) is 36.4 Å². The largest absolute Gasteiger partial charge is 0.322 e. The maximum Gasteiger partial charge on any atom is 0.239 e. The van der Waals surface area contributed by atoms with E-state index in [1.54, 1.807) is 31.2 Å². The van der Waals surface area contributed by atoms with Crippen molar-refractivity contribution in [2.45, 2.75) is 13.5 Å². The smallest absolute Gasteiger partial charge is 0.239 e. The van der Waals surface area contributed by atoms with Gasteiger partial charge in [0.2, 0.25) is 15.9 Å². The van der Waals surface area contributed by atoms with Gasteiger partial charge in [-0.25, -0.2) is 21.6 Å². The highest BCUT2D eigenvalue weighted by atomic mass is 32.2. The molecule has 2 aromatic carbocycles. The summed E-state index contributed by atoms with van der Waals surface area (Å²) in [6.45, 7) is 1.14. The zero-order valence-corrected chi connectivity index (χ0v) is 14.9. The molecule has 1 N–H and O–H groups in total. The molecule has 2 rings (SSSR count). The molecule has 26 heavy (non-hydrogen) atoms. The fraction of sp³-hybridized carbons (Fsp3) is 0.235. The number of rotatable bonds is 6. The molecule has 0 spiro atoms. The van der Waals surface area contributed by atoms with Crippen LogP contribution in [0.5, 0.6) is 0 Å². The van der Waals surface area contributed by atoms with E-state index < -0.39 is 45.6 Å². The molecule has 0 bridgehead atoms. The lowest BCUT2D eigenvalue weighted by Gasteiger charge is -2.20. The number of hydrogen-bond acceptors (Lipinski definition) is 3. The molecule has 0 aliphatic carbocycles. The number of hydrogen-bond donors (Lipinski definition) is 1. The summed E-state index contributed by atoms with van der Waals surface area (Å²) in [7, 11) is -3.75. The van der Waals surface area contributed by atoms with Crippen LogP contribution in [0.1, 0.15) is 11.1 Å². The zero-order valence-electron chi connectivity index (χ0n) is 14.1. The highest BCUT2D eigenvalue weighted by Crippen LogP contribution is 2.20. The SMILES string of the molecule is Cc1ccccc1CN(CC(=O)Nc1ccc(F)c(F)c1F)S(C)(=O)=O. The highest BCUT2D eigenvalue weighted by molar-refractivity contribution is 7.88. The Kier molecular flexibility index (Phi) is 6.04. The van der Waals surface area contributed by atoms with Crippen molar-refractivity contribution >= 4 is 21.6 Å². The molecule has 0 saturated heterocycles. The van der Waals surface area contributed by atoms with Gasteiger partial charge in [0.05, 0.1) is 18.5 Å². The molecule has 0 heterocycles. The van der Waals surface area contributed by atoms with Crippen molar-refractivity contribution in [3.63, 3.8) is 0 Å². The summed E-state index contributed by atoms with van der Waals surface area (Å²) in [5, 5.41) is 2.05. The van der Waals surface area contributed by atoms with Gasteiger partial charge in [-0.05, 0) is 30.2 Å². The Hall–Kier alpha value is -2.39. The van der Waals surface area contributed by atoms with E-state index in [4.69, 9.17) is 0 Å². The first-order valence-electron chi connectivity index (χ1n) is 7.52. The zero-order chi connectivity index (χ0) is 19.5. The maximum absolute atomic E-state index is 13.6. The standard InChI is InChI=1S/C17H17F3N2O3S/c1-11-5-3-4-6-12(11)9-22(26(2,24)25)10-15(23)21-14-8-7-13(18)16(19)17(14)20/h3-8H,9-10H2,1-2H3,(H,21,23). The van der Waals surface area contributed by atoms with Crippen LogP contribution in [0, 0.1) is 24.4 Å². The first-order valence-corrected chi connectivity index (χ1v) is 9.37. The number of benzene rings is 2. The number of carbonyl (C=O) groups is 1. The van der Waals surface area contributed by atoms with Gasteiger partial charge in [-0.1, -0.05) is 24.3 Å². The Morgan fingerprint density at radius 1 is 1.08 bits per heavy atom. The van der Waals surface area contributed by atoms with Crippen molar-refractivity contribution in [3.05, 3.63) is 65.0 Å². The normalized spacial score (nSPS) is 11.6. The molecular formula is C17H17F3N2O3S. The molecule has 5 nitrogen and oxygen atoms in total. The number of sulfonamides is 1. The minimum Gasteiger partial charge on any atom is -0.322 e. The second-order valence-corrected chi connectivity index (χ2v) is 7.71. The third-order valence-corrected chi connectivity index (χ3v) is 4.90. The van der Waals surface area contributed by atoms with Gasteiger partial charge in [-0.2, -0.15) is 4.31 Å². The van der Waals surface area contributed by atoms with E-state index in [9.17, 15) is 26.4 Å². The van der Waals surface area contributed by atoms with Gasteiger partial charge in [0.25, 0.3) is 0 Å². The van der Waals surface area contributed by atoms with E-state index in [2.05, 4.69) is 5.32 Å². The molecule has 0 aromatic heterocycles. The fourth-order valence-corrected chi connectivity index (χ4v) is 2.97. The van der Waals surface area contributed by atoms with Crippen LogP contribution in [0.3, 0.4) is 0 Å². The van der Waals surface area contributed by atoms with E-state index in [1.165, 1.54) is 0 Å². The van der Waals surface area contributed by atoms with Crippen molar-refractivity contribution in [3.8, 4) is 0 Å². The van der Waals surface area contributed by atoms with Crippen molar-refractivity contribution in [1.82, 2.24) is 4.31 Å². The van der Waals surface area contributed by atoms with Crippen molar-refractivity contribution < 1.29 is 26.4 Å². The third-order valence-electron chi connectivity index (χ3n) is 3.71. The molecule has 0 aliphatic heterocycles. The maximum atomic E-state index is 13.6. The molecule has 0 saturated carbocycles. The molecule has 0 fully saturated rings. The lowest BCUT2D eigenvalue weighted by molar-refractivity contribution is -0.116. The number of carbonyl (C=O) groups excluding carboxylic acids is 1. The number of halogens is 3. The van der Waals surface area contributed by atoms with Crippen LogP contribution in [0.2, 0.25) is 0 Å². The van der Waals surface area contributed by atoms with E-state index in [-0.39, 0.29) is 6.54 Å². The van der Waals surface area contributed by atoms with Gasteiger partial charge in [0.15, 0.2) is 17.5 Å². The lowest BCUT2D eigenvalue weighted by Crippen LogP contribution is -2.37. The predicted molar refractivity (Wildman–Crippen MR) is 91.4 cm³/mol. The summed E-state index contributed by atoms with van der Waals surface area (Å²) < 4.78 is 64.6. The van der Waals surface area contributed by atoms with Gasteiger partial charge in [-0.3, -0.25) is 4.79 Å². The van der Waals surface area contributed by atoms with Gasteiger partial charge in [-0.15, -0.1) is 0 Å². The first-order chi connectivity index (χ1) is 12.1. The fourth-order valence-electron chi connectivity index (χ4n) is 2.24. The average molecular weight is 386 g/mol. The predicted octanol–water partition coefficient (Wildman–Crippen LogP) is 2.81. The molecule has 9 heteroatoms. The van der Waals surface area contributed by atoms with Gasteiger partial charge in [0.1, 0.15) is 0 Å². The van der Waals surface area contributed by atoms with Gasteiger partial charge < -0.3 is 5.32 Å². The number of amides is 1. The Bertz CT molecular complexity index is 933. The molecule has 0 aliphatic rings. The summed E-state index contributed by atoms with van der Waals surface area (Å²) in [5.41, 5.74) is 0.969. The Balaban J connectivity index is 2.18. The van der Waals surface area contributed by atoms with E-state index in [0.29, 0.717) is 11.6 Å². The average Bonchev–Trinajstić information content (AvgIpc) is 2.56. The van der Waals surface area contributed by atoms with E-state index in [1.807, 2.05) is 0 Å². The summed E-state index contributed by atoms with van der Waals surface area (Å²) in [4.78, 5) is 12.1. The van der Waals surface area contributed by atoms with Gasteiger partial charge >= 0.3 is 0 Å². The molecule has 1 amide bonds. The Morgan fingerprint density at radius 3 is 2.35 bits per heavy atom. The minimum atomic E-state index is -3.75. The monoisotopic (exact) mass is 386 g/mol. The number of anilines is 1. The quantitative estimate of drug-likeness (QED) is 0.777. The van der Waals surface area contributed by atoms with Crippen LogP contribution in [0.4, 0.5) is 18.9 Å². The molecular weight excluding hydrogens is 369 g/mol. The van der Waals surface area contributed by atoms with Crippen molar-refractivity contribution in [2.75, 3.05) is 18.1 Å². The second kappa shape index (κ2) is 7.88. The van der Waals surface area contributed by atoms with E-state index in [0.717, 1.165) is 22.2 Å². The number of aryl methyl sites for hydroxylation is 1. The van der Waals surface area contributed by atoms with Crippen LogP contribution in [-0.2, 0) is 21.4 Å². The molecule has 0 unspecified atom stereocenters. The van der Waals surface area contributed by atoms with Crippen molar-refractivity contribution in [2.24, 2.45) is 0 Å². The third kappa shape index (κ3) is 4.83. The molecule has 0 atom stereocenters. The lowest BCUT2D eigenvalue weighted by atomic mass is 10.1. The number of nitrogens with zero attached hydrogens (tertiary/aromatic N) is 1. The summed E-state index contributed by atoms with van der Waals surface area (Å²) >= 11 is 0. The van der Waals surface area contributed by atoms with Crippen LogP contribution in [0.25, 0.3) is 0 Å². The van der Waals surface area contributed by atoms with Crippen LogP contribution >= 0.6 is 0 Å². The minimum absolute atomic E-state index is 0.0564.